The molecule has 5 saturated heterocycles. The Hall–Kier alpha value is -4.66. The highest BCUT2D eigenvalue weighted by molar-refractivity contribution is 5.94. The third kappa shape index (κ3) is 10.4. The lowest BCUT2D eigenvalue weighted by Gasteiger charge is -2.55. The summed E-state index contributed by atoms with van der Waals surface area (Å²) >= 11 is 0. The molecule has 3 aromatic rings. The molecule has 6 bridgehead atoms. The maximum absolute atomic E-state index is 15.1. The van der Waals surface area contributed by atoms with Crippen LogP contribution in [0, 0.1) is 17.3 Å². The fourth-order valence-electron chi connectivity index (χ4n) is 13.2. The van der Waals surface area contributed by atoms with E-state index >= 15 is 4.79 Å². The molecule has 0 radical (unpaired) electrons. The number of fused-ring (bicyclic) bond motifs is 6. The number of hydrogen-bond acceptors (Lipinski definition) is 12. The number of hydrazine groups is 1. The van der Waals surface area contributed by atoms with Gasteiger partial charge in [0, 0.05) is 74.0 Å². The fourth-order valence-corrected chi connectivity index (χ4v) is 13.2. The molecule has 2 aliphatic carbocycles. The van der Waals surface area contributed by atoms with Crippen molar-refractivity contribution in [2.24, 2.45) is 17.3 Å². The average Bonchev–Trinajstić information content (AvgIpc) is 4.24. The largest absolute Gasteiger partial charge is 0.464 e. The predicted octanol–water partition coefficient (Wildman–Crippen LogP) is 5.09. The van der Waals surface area contributed by atoms with Crippen LogP contribution in [0.5, 0.6) is 0 Å². The van der Waals surface area contributed by atoms with E-state index in [4.69, 9.17) is 14.2 Å². The van der Waals surface area contributed by atoms with Crippen molar-refractivity contribution in [2.75, 3.05) is 72.7 Å². The number of nitrogens with zero attached hydrogens (tertiary/aromatic N) is 6. The van der Waals surface area contributed by atoms with Gasteiger partial charge in [-0.05, 0) is 118 Å². The Bertz CT molecular complexity index is 2590. The first-order chi connectivity index (χ1) is 35.0. The van der Waals surface area contributed by atoms with Gasteiger partial charge in [-0.1, -0.05) is 32.8 Å². The number of pyridine rings is 1. The standard InChI is InChI=1S/C54H72F3N9O7/c1-32(71-4)43-37(11-7-18-58-43)47-39-24-52(2,3)31-72-51(70)40-12-8-19-66(61-40)49(68)41(26-62-20-17-36(25-62)35-15-16-42(38(39)23-35)65(47)30-54(55,56)57)59-48(67)46(34-9-5-6-10-34)63-21-22-73-53(27-63)28-64(29-53)50(69)45-44(60-45)33-13-14-33/h7,11,15-16,18,23,32-34,36,40-41,44-46,60-61H,5-6,8-10,12-14,17,19-22,24-31H2,1-4H3,(H,59,67)/t32-,36+,40-,41-,44?,45+,46?/m0/s1. The second kappa shape index (κ2) is 19.8. The molecule has 8 atom stereocenters. The molecule has 7 fully saturated rings. The highest BCUT2D eigenvalue weighted by atomic mass is 19.4. The third-order valence-corrected chi connectivity index (χ3v) is 17.2. The maximum atomic E-state index is 15.1. The molecule has 16 nitrogen and oxygen atoms in total. The molecular formula is C54H72F3N9O7. The molecule has 396 valence electrons. The zero-order valence-corrected chi connectivity index (χ0v) is 42.7. The predicted molar refractivity (Wildman–Crippen MR) is 265 cm³/mol. The Kier molecular flexibility index (Phi) is 13.7. The van der Waals surface area contributed by atoms with Crippen LogP contribution in [0.4, 0.5) is 13.2 Å². The van der Waals surface area contributed by atoms with E-state index in [1.54, 1.807) is 31.5 Å². The van der Waals surface area contributed by atoms with Gasteiger partial charge >= 0.3 is 12.1 Å². The monoisotopic (exact) mass is 1020 g/mol. The van der Waals surface area contributed by atoms with E-state index in [1.807, 2.05) is 37.8 Å². The van der Waals surface area contributed by atoms with Crippen molar-refractivity contribution in [3.05, 3.63) is 53.3 Å². The molecule has 2 saturated carbocycles. The average molecular weight is 1020 g/mol. The molecule has 1 spiro atoms. The number of amides is 3. The summed E-state index contributed by atoms with van der Waals surface area (Å²) in [5.74, 6) is -0.231. The van der Waals surface area contributed by atoms with Crippen molar-refractivity contribution in [2.45, 2.75) is 146 Å². The molecule has 8 heterocycles. The van der Waals surface area contributed by atoms with Gasteiger partial charge in [0.15, 0.2) is 0 Å². The van der Waals surface area contributed by atoms with E-state index in [1.165, 1.54) is 22.4 Å². The third-order valence-electron chi connectivity index (χ3n) is 17.2. The van der Waals surface area contributed by atoms with E-state index in [9.17, 15) is 27.6 Å². The zero-order chi connectivity index (χ0) is 51.0. The number of morpholine rings is 1. The number of hydrogen-bond donors (Lipinski definition) is 3. The van der Waals surface area contributed by atoms with Crippen LogP contribution in [-0.2, 0) is 46.4 Å². The summed E-state index contributed by atoms with van der Waals surface area (Å²) in [6.45, 7) is 8.70. The number of carbonyl (C=O) groups excluding carboxylic acids is 4. The van der Waals surface area contributed by atoms with Gasteiger partial charge in [0.25, 0.3) is 5.91 Å². The SMILES string of the molecule is CO[C@@H](C)c1ncccc1-c1c2c3cc(ccc3n1CC(F)(F)F)[C@@H]1CCN(C1)C[C@H](NC(=O)C(C1CCCC1)N1CCOC3(CN(C(=O)[C@@H]4NC4C4CC4)C3)C1)C(=O)N1CCC[C@H](N1)C(=O)OCC(C)(C)C2. The Morgan fingerprint density at radius 3 is 2.53 bits per heavy atom. The number of aromatic nitrogens is 2. The Labute approximate surface area is 425 Å². The van der Waals surface area contributed by atoms with Crippen LogP contribution in [0.15, 0.2) is 36.5 Å². The summed E-state index contributed by atoms with van der Waals surface area (Å²) in [6, 6.07) is 7.20. The Morgan fingerprint density at radius 1 is 0.986 bits per heavy atom. The van der Waals surface area contributed by atoms with Crippen molar-refractivity contribution in [3.63, 3.8) is 0 Å². The van der Waals surface area contributed by atoms with E-state index in [-0.39, 0.29) is 55.2 Å². The molecule has 6 aliphatic heterocycles. The normalized spacial score (nSPS) is 29.7. The van der Waals surface area contributed by atoms with Gasteiger partial charge in [-0.2, -0.15) is 13.2 Å². The second-order valence-electron chi connectivity index (χ2n) is 23.4. The second-order valence-corrected chi connectivity index (χ2v) is 23.4. The minimum absolute atomic E-state index is 0.00841. The molecule has 73 heavy (non-hydrogen) atoms. The summed E-state index contributed by atoms with van der Waals surface area (Å²) in [5, 5.41) is 8.86. The van der Waals surface area contributed by atoms with Crippen molar-refractivity contribution in [1.29, 1.82) is 0 Å². The fraction of sp³-hybridized carbons (Fsp3) is 0.685. The number of likely N-dealkylation sites (tertiary alicyclic amines) is 1. The topological polar surface area (TPSA) is 173 Å². The maximum Gasteiger partial charge on any atom is 0.406 e. The number of rotatable bonds is 10. The number of halogens is 3. The number of benzene rings is 1. The van der Waals surface area contributed by atoms with Crippen LogP contribution in [0.2, 0.25) is 0 Å². The molecule has 8 aliphatic rings. The summed E-state index contributed by atoms with van der Waals surface area (Å²) < 4.78 is 63.8. The van der Waals surface area contributed by atoms with Crippen LogP contribution < -0.4 is 16.1 Å². The van der Waals surface area contributed by atoms with E-state index in [0.717, 1.165) is 37.7 Å². The van der Waals surface area contributed by atoms with Gasteiger partial charge in [-0.3, -0.25) is 39.4 Å². The van der Waals surface area contributed by atoms with Crippen LogP contribution in [-0.4, -0.2) is 168 Å². The summed E-state index contributed by atoms with van der Waals surface area (Å²) in [4.78, 5) is 68.5. The smallest absolute Gasteiger partial charge is 0.406 e. The van der Waals surface area contributed by atoms with Gasteiger partial charge < -0.3 is 33.9 Å². The number of ether oxygens (including phenoxy) is 3. The summed E-state index contributed by atoms with van der Waals surface area (Å²) in [6.07, 6.45) is 4.72. The molecule has 19 heteroatoms. The lowest BCUT2D eigenvalue weighted by atomic mass is 9.84. The Balaban J connectivity index is 0.899. The minimum atomic E-state index is -4.55. The van der Waals surface area contributed by atoms with Gasteiger partial charge in [0.2, 0.25) is 11.8 Å². The lowest BCUT2D eigenvalue weighted by molar-refractivity contribution is -0.197. The number of nitrogens with one attached hydrogen (secondary N) is 3. The van der Waals surface area contributed by atoms with Crippen molar-refractivity contribution in [3.8, 4) is 11.3 Å². The number of esters is 1. The number of methoxy groups -OCH3 is 1. The van der Waals surface area contributed by atoms with Gasteiger partial charge in [-0.15, -0.1) is 0 Å². The first kappa shape index (κ1) is 50.5. The van der Waals surface area contributed by atoms with Crippen molar-refractivity contribution < 1.29 is 46.6 Å². The quantitative estimate of drug-likeness (QED) is 0.182. The van der Waals surface area contributed by atoms with Gasteiger partial charge in [-0.25, -0.2) is 5.43 Å². The first-order valence-corrected chi connectivity index (χ1v) is 26.9. The van der Waals surface area contributed by atoms with Crippen LogP contribution in [0.3, 0.4) is 0 Å². The minimum Gasteiger partial charge on any atom is -0.464 e. The number of carbonyl (C=O) groups is 4. The zero-order valence-electron chi connectivity index (χ0n) is 42.7. The number of cyclic esters (lactones) is 1. The van der Waals surface area contributed by atoms with Crippen molar-refractivity contribution >= 4 is 34.6 Å². The van der Waals surface area contributed by atoms with E-state index in [0.29, 0.717) is 111 Å². The van der Waals surface area contributed by atoms with Gasteiger partial charge in [0.1, 0.15) is 30.3 Å². The summed E-state index contributed by atoms with van der Waals surface area (Å²) in [7, 11) is 1.55. The molecule has 3 amide bonds. The highest BCUT2D eigenvalue weighted by Crippen LogP contribution is 2.45. The molecule has 3 unspecified atom stereocenters. The highest BCUT2D eigenvalue weighted by Gasteiger charge is 2.58. The van der Waals surface area contributed by atoms with E-state index in [2.05, 4.69) is 30.8 Å². The summed E-state index contributed by atoms with van der Waals surface area (Å²) in [5.41, 5.74) is 5.45. The number of alkyl halides is 3. The van der Waals surface area contributed by atoms with Crippen LogP contribution in [0.1, 0.15) is 107 Å². The molecule has 1 aromatic carbocycles. The molecule has 11 rings (SSSR count). The molecular weight excluding hydrogens is 944 g/mol. The van der Waals surface area contributed by atoms with Crippen molar-refractivity contribution in [1.82, 2.24) is 45.3 Å². The van der Waals surface area contributed by atoms with Crippen LogP contribution in [0.25, 0.3) is 22.2 Å². The Morgan fingerprint density at radius 2 is 1.78 bits per heavy atom. The first-order valence-electron chi connectivity index (χ1n) is 26.9. The van der Waals surface area contributed by atoms with Gasteiger partial charge in [0.05, 0.1) is 49.8 Å². The van der Waals surface area contributed by atoms with E-state index < -0.39 is 53.9 Å². The lowest BCUT2D eigenvalue weighted by Crippen LogP contribution is -2.73. The van der Waals surface area contributed by atoms with Crippen LogP contribution >= 0.6 is 0 Å². The molecule has 3 N–H and O–H groups in total. The molecule has 2 aromatic heterocycles.